The Hall–Kier alpha value is -0.900. The van der Waals surface area contributed by atoms with Crippen molar-refractivity contribution in [2.24, 2.45) is 0 Å². The number of rotatable bonds is 7. The second-order valence-electron chi connectivity index (χ2n) is 2.97. The maximum atomic E-state index is 11.2. The van der Waals surface area contributed by atoms with Gasteiger partial charge in [-0.1, -0.05) is 13.3 Å². The first-order valence-electron chi connectivity index (χ1n) is 4.92. The van der Waals surface area contributed by atoms with Crippen LogP contribution in [0.2, 0.25) is 0 Å². The second-order valence-corrected chi connectivity index (χ2v) is 2.97. The van der Waals surface area contributed by atoms with Crippen molar-refractivity contribution in [3.8, 4) is 0 Å². The van der Waals surface area contributed by atoms with Crippen LogP contribution in [0.3, 0.4) is 0 Å². The number of Topliss-reactive ketones (excluding diaryl/α,β-unsaturated/α-hetero) is 1. The van der Waals surface area contributed by atoms with Crippen LogP contribution in [0.15, 0.2) is 0 Å². The summed E-state index contributed by atoms with van der Waals surface area (Å²) in [6.45, 7) is 5.71. The number of hydrogen-bond donors (Lipinski definition) is 0. The molecule has 14 heavy (non-hydrogen) atoms. The third-order valence-electron chi connectivity index (χ3n) is 1.65. The number of unbranched alkanes of at least 4 members (excludes halogenated alkanes) is 1. The van der Waals surface area contributed by atoms with Crippen LogP contribution in [0.25, 0.3) is 0 Å². The van der Waals surface area contributed by atoms with Crippen LogP contribution in [0, 0.1) is 0 Å². The van der Waals surface area contributed by atoms with Crippen molar-refractivity contribution in [3.05, 3.63) is 0 Å². The molecule has 0 bridgehead atoms. The van der Waals surface area contributed by atoms with Crippen LogP contribution < -0.4 is 0 Å². The Morgan fingerprint density at radius 3 is 2.36 bits per heavy atom. The maximum absolute atomic E-state index is 11.2. The molecule has 0 N–H and O–H groups in total. The van der Waals surface area contributed by atoms with Crippen molar-refractivity contribution in [2.75, 3.05) is 13.2 Å². The van der Waals surface area contributed by atoms with Crippen molar-refractivity contribution in [3.63, 3.8) is 0 Å². The Kier molecular flexibility index (Phi) is 7.02. The first-order valence-corrected chi connectivity index (χ1v) is 4.92. The zero-order valence-electron chi connectivity index (χ0n) is 9.04. The van der Waals surface area contributed by atoms with Gasteiger partial charge < -0.3 is 9.47 Å². The molecule has 4 nitrogen and oxygen atoms in total. The van der Waals surface area contributed by atoms with E-state index >= 15 is 0 Å². The molecule has 0 aromatic rings. The van der Waals surface area contributed by atoms with Gasteiger partial charge in [0.1, 0.15) is 0 Å². The van der Waals surface area contributed by atoms with E-state index in [1.54, 1.807) is 6.92 Å². The fourth-order valence-electron chi connectivity index (χ4n) is 0.915. The van der Waals surface area contributed by atoms with Gasteiger partial charge in [-0.05, 0) is 20.3 Å². The lowest BCUT2D eigenvalue weighted by Crippen LogP contribution is -2.33. The molecule has 0 aromatic heterocycles. The van der Waals surface area contributed by atoms with Crippen molar-refractivity contribution < 1.29 is 19.1 Å². The van der Waals surface area contributed by atoms with Crippen molar-refractivity contribution in [1.29, 1.82) is 0 Å². The zero-order valence-corrected chi connectivity index (χ0v) is 9.04. The van der Waals surface area contributed by atoms with Gasteiger partial charge in [0.2, 0.25) is 6.10 Å². The molecular formula is C10H18O4. The van der Waals surface area contributed by atoms with Crippen molar-refractivity contribution in [2.45, 2.75) is 39.7 Å². The predicted octanol–water partition coefficient (Wildman–Crippen LogP) is 1.32. The first-order chi connectivity index (χ1) is 6.63. The van der Waals surface area contributed by atoms with Crippen LogP contribution in [0.5, 0.6) is 0 Å². The van der Waals surface area contributed by atoms with Gasteiger partial charge in [-0.25, -0.2) is 4.79 Å². The Bertz CT molecular complexity index is 189. The summed E-state index contributed by atoms with van der Waals surface area (Å²) < 4.78 is 9.85. The first kappa shape index (κ1) is 13.1. The van der Waals surface area contributed by atoms with Crippen molar-refractivity contribution in [1.82, 2.24) is 0 Å². The average Bonchev–Trinajstić information content (AvgIpc) is 2.12. The normalized spacial score (nSPS) is 12.2. The Morgan fingerprint density at radius 2 is 1.93 bits per heavy atom. The number of hydrogen-bond acceptors (Lipinski definition) is 4. The van der Waals surface area contributed by atoms with Crippen LogP contribution in [0.4, 0.5) is 0 Å². The minimum atomic E-state index is -1.04. The molecule has 0 aliphatic heterocycles. The highest BCUT2D eigenvalue weighted by molar-refractivity contribution is 6.00. The van der Waals surface area contributed by atoms with E-state index in [1.165, 1.54) is 6.92 Å². The van der Waals surface area contributed by atoms with Crippen LogP contribution >= 0.6 is 0 Å². The molecule has 4 heteroatoms. The third kappa shape index (κ3) is 4.97. The molecule has 0 aromatic carbocycles. The summed E-state index contributed by atoms with van der Waals surface area (Å²) in [7, 11) is 0. The summed E-state index contributed by atoms with van der Waals surface area (Å²) >= 11 is 0. The van der Waals surface area contributed by atoms with Gasteiger partial charge in [-0.15, -0.1) is 0 Å². The standard InChI is InChI=1S/C10H18O4/c1-4-6-7-14-9(8(3)11)10(12)13-5-2/h9H,4-7H2,1-3H3. The number of ketones is 1. The average molecular weight is 202 g/mol. The molecule has 1 unspecified atom stereocenters. The van der Waals surface area contributed by atoms with E-state index in [2.05, 4.69) is 0 Å². The van der Waals surface area contributed by atoms with Gasteiger partial charge in [-0.2, -0.15) is 0 Å². The maximum Gasteiger partial charge on any atom is 0.343 e. The largest absolute Gasteiger partial charge is 0.464 e. The Balaban J connectivity index is 4.01. The highest BCUT2D eigenvalue weighted by Gasteiger charge is 2.24. The molecular weight excluding hydrogens is 184 g/mol. The topological polar surface area (TPSA) is 52.6 Å². The van der Waals surface area contributed by atoms with E-state index in [0.717, 1.165) is 12.8 Å². The summed E-state index contributed by atoms with van der Waals surface area (Å²) in [5.41, 5.74) is 0. The van der Waals surface area contributed by atoms with Crippen LogP contribution in [0.1, 0.15) is 33.6 Å². The number of carbonyl (C=O) groups excluding carboxylic acids is 2. The van der Waals surface area contributed by atoms with Gasteiger partial charge in [0.05, 0.1) is 6.61 Å². The summed E-state index contributed by atoms with van der Waals surface area (Å²) in [5.74, 6) is -0.893. The third-order valence-corrected chi connectivity index (χ3v) is 1.65. The lowest BCUT2D eigenvalue weighted by molar-refractivity contribution is -0.160. The zero-order chi connectivity index (χ0) is 11.0. The quantitative estimate of drug-likeness (QED) is 0.355. The number of carbonyl (C=O) groups is 2. The fraction of sp³-hybridized carbons (Fsp3) is 0.800. The summed E-state index contributed by atoms with van der Waals surface area (Å²) in [5, 5.41) is 0. The van der Waals surface area contributed by atoms with E-state index in [1.807, 2.05) is 6.92 Å². The lowest BCUT2D eigenvalue weighted by atomic mass is 10.2. The van der Waals surface area contributed by atoms with E-state index in [4.69, 9.17) is 9.47 Å². The molecule has 0 aliphatic rings. The summed E-state index contributed by atoms with van der Waals surface area (Å²) in [6, 6.07) is 0. The van der Waals surface area contributed by atoms with Gasteiger partial charge in [0, 0.05) is 6.61 Å². The lowest BCUT2D eigenvalue weighted by Gasteiger charge is -2.12. The molecule has 0 saturated heterocycles. The van der Waals surface area contributed by atoms with E-state index in [0.29, 0.717) is 6.61 Å². The molecule has 0 spiro atoms. The minimum absolute atomic E-state index is 0.264. The Labute approximate surface area is 84.6 Å². The molecule has 0 amide bonds. The van der Waals surface area contributed by atoms with E-state index in [-0.39, 0.29) is 12.4 Å². The molecule has 0 heterocycles. The van der Waals surface area contributed by atoms with Gasteiger partial charge in [-0.3, -0.25) is 4.79 Å². The van der Waals surface area contributed by atoms with Gasteiger partial charge in [0.25, 0.3) is 0 Å². The highest BCUT2D eigenvalue weighted by Crippen LogP contribution is 2.00. The summed E-state index contributed by atoms with van der Waals surface area (Å²) in [4.78, 5) is 22.2. The molecule has 0 aliphatic carbocycles. The molecule has 0 fully saturated rings. The van der Waals surface area contributed by atoms with Crippen molar-refractivity contribution >= 4 is 11.8 Å². The fourth-order valence-corrected chi connectivity index (χ4v) is 0.915. The Morgan fingerprint density at radius 1 is 1.29 bits per heavy atom. The van der Waals surface area contributed by atoms with Gasteiger partial charge in [0.15, 0.2) is 5.78 Å². The molecule has 82 valence electrons. The van der Waals surface area contributed by atoms with Gasteiger partial charge >= 0.3 is 5.97 Å². The second kappa shape index (κ2) is 7.50. The molecule has 1 atom stereocenters. The van der Waals surface area contributed by atoms with Crippen LogP contribution in [-0.2, 0) is 19.1 Å². The monoisotopic (exact) mass is 202 g/mol. The van der Waals surface area contributed by atoms with Crippen LogP contribution in [-0.4, -0.2) is 31.1 Å². The molecule has 0 radical (unpaired) electrons. The van der Waals surface area contributed by atoms with E-state index in [9.17, 15) is 9.59 Å². The minimum Gasteiger partial charge on any atom is -0.464 e. The smallest absolute Gasteiger partial charge is 0.343 e. The van der Waals surface area contributed by atoms with E-state index < -0.39 is 12.1 Å². The SMILES string of the molecule is CCCCOC(C(C)=O)C(=O)OCC. The number of esters is 1. The molecule has 0 saturated carbocycles. The molecule has 0 rings (SSSR count). The summed E-state index contributed by atoms with van der Waals surface area (Å²) in [6.07, 6.45) is 0.762. The number of ether oxygens (including phenoxy) is 2. The highest BCUT2D eigenvalue weighted by atomic mass is 16.6. The predicted molar refractivity (Wildman–Crippen MR) is 52.0 cm³/mol.